The first-order chi connectivity index (χ1) is 11.6. The molecule has 2 N–H and O–H groups in total. The van der Waals surface area contributed by atoms with Crippen molar-refractivity contribution in [1.29, 1.82) is 0 Å². The van der Waals surface area contributed by atoms with Crippen LogP contribution >= 0.6 is 12.4 Å². The molecule has 2 aliphatic rings. The number of nitrogens with one attached hydrogen (secondary N) is 2. The highest BCUT2D eigenvalue weighted by Crippen LogP contribution is 2.41. The zero-order valence-electron chi connectivity index (χ0n) is 15.3. The Bertz CT molecular complexity index is 547. The van der Waals surface area contributed by atoms with Gasteiger partial charge in [-0.05, 0) is 29.9 Å². The van der Waals surface area contributed by atoms with Crippen LogP contribution in [-0.2, 0) is 14.9 Å². The summed E-state index contributed by atoms with van der Waals surface area (Å²) in [5.74, 6) is 0.571. The van der Waals surface area contributed by atoms with Gasteiger partial charge in [-0.25, -0.2) is 0 Å². The van der Waals surface area contributed by atoms with Crippen molar-refractivity contribution in [2.24, 2.45) is 0 Å². The lowest BCUT2D eigenvalue weighted by atomic mass is 9.78. The van der Waals surface area contributed by atoms with Crippen LogP contribution in [0.25, 0.3) is 0 Å². The van der Waals surface area contributed by atoms with Crippen LogP contribution in [0.5, 0.6) is 0 Å². The van der Waals surface area contributed by atoms with Crippen molar-refractivity contribution in [2.75, 3.05) is 26.2 Å². The number of halogens is 1. The second-order valence-electron chi connectivity index (χ2n) is 7.55. The van der Waals surface area contributed by atoms with Gasteiger partial charge in [0.25, 0.3) is 0 Å². The molecule has 1 amide bonds. The minimum Gasteiger partial charge on any atom is -0.366 e. The molecule has 1 atom stereocenters. The van der Waals surface area contributed by atoms with Crippen LogP contribution < -0.4 is 10.6 Å². The number of hydrogen-bond donors (Lipinski definition) is 2. The molecule has 1 aliphatic carbocycles. The van der Waals surface area contributed by atoms with Crippen molar-refractivity contribution < 1.29 is 9.53 Å². The van der Waals surface area contributed by atoms with Gasteiger partial charge in [-0.15, -0.1) is 12.4 Å². The molecule has 4 nitrogen and oxygen atoms in total. The fourth-order valence-corrected chi connectivity index (χ4v) is 3.94. The molecule has 1 aliphatic heterocycles. The second-order valence-corrected chi connectivity index (χ2v) is 7.55. The van der Waals surface area contributed by atoms with Crippen molar-refractivity contribution in [1.82, 2.24) is 10.6 Å². The van der Waals surface area contributed by atoms with E-state index in [0.717, 1.165) is 19.4 Å². The van der Waals surface area contributed by atoms with Crippen molar-refractivity contribution in [3.05, 3.63) is 35.4 Å². The van der Waals surface area contributed by atoms with Gasteiger partial charge in [-0.3, -0.25) is 4.79 Å². The lowest BCUT2D eigenvalue weighted by molar-refractivity contribution is -0.134. The summed E-state index contributed by atoms with van der Waals surface area (Å²) in [6.07, 6.45) is 4.43. The topological polar surface area (TPSA) is 50.4 Å². The Balaban J connectivity index is 0.00000225. The maximum absolute atomic E-state index is 12.4. The molecule has 140 valence electrons. The molecule has 1 saturated heterocycles. The first-order valence-electron chi connectivity index (χ1n) is 9.31. The molecule has 1 aromatic rings. The largest absolute Gasteiger partial charge is 0.366 e. The van der Waals surface area contributed by atoms with Crippen LogP contribution in [0.15, 0.2) is 24.3 Å². The molecule has 5 heteroatoms. The van der Waals surface area contributed by atoms with Crippen molar-refractivity contribution >= 4 is 18.3 Å². The van der Waals surface area contributed by atoms with Gasteiger partial charge in [0.1, 0.15) is 6.10 Å². The maximum Gasteiger partial charge on any atom is 0.250 e. The number of ether oxygens (including phenoxy) is 1. The number of carbonyl (C=O) groups is 1. The van der Waals surface area contributed by atoms with E-state index in [9.17, 15) is 4.79 Å². The summed E-state index contributed by atoms with van der Waals surface area (Å²) < 4.78 is 5.56. The Kier molecular flexibility index (Phi) is 7.29. The van der Waals surface area contributed by atoms with Crippen molar-refractivity contribution in [3.8, 4) is 0 Å². The monoisotopic (exact) mass is 366 g/mol. The van der Waals surface area contributed by atoms with Gasteiger partial charge in [0.2, 0.25) is 5.91 Å². The van der Waals surface area contributed by atoms with Gasteiger partial charge < -0.3 is 15.4 Å². The van der Waals surface area contributed by atoms with Crippen LogP contribution in [0, 0.1) is 0 Å². The molecular formula is C20H31ClN2O2. The number of amides is 1. The van der Waals surface area contributed by atoms with Gasteiger partial charge in [0.15, 0.2) is 0 Å². The molecule has 1 heterocycles. The summed E-state index contributed by atoms with van der Waals surface area (Å²) in [6.45, 7) is 7.21. The van der Waals surface area contributed by atoms with Crippen LogP contribution in [0.3, 0.4) is 0 Å². The van der Waals surface area contributed by atoms with E-state index in [0.29, 0.717) is 25.6 Å². The van der Waals surface area contributed by atoms with Gasteiger partial charge >= 0.3 is 0 Å². The normalized spacial score (nSPS) is 22.4. The highest BCUT2D eigenvalue weighted by atomic mass is 35.5. The van der Waals surface area contributed by atoms with Crippen LogP contribution in [-0.4, -0.2) is 38.3 Å². The Hall–Kier alpha value is -1.10. The van der Waals surface area contributed by atoms with Crippen LogP contribution in [0.4, 0.5) is 0 Å². The van der Waals surface area contributed by atoms with E-state index in [2.05, 4.69) is 48.7 Å². The van der Waals surface area contributed by atoms with E-state index < -0.39 is 0 Å². The highest BCUT2D eigenvalue weighted by Gasteiger charge is 2.36. The van der Waals surface area contributed by atoms with Crippen molar-refractivity contribution in [3.63, 3.8) is 0 Å². The SMILES string of the molecule is CC(C)c1ccc(C2(CNC(=O)C3CNCCO3)CCCC2)cc1.Cl. The van der Waals surface area contributed by atoms with Gasteiger partial charge in [-0.1, -0.05) is 51.0 Å². The zero-order valence-corrected chi connectivity index (χ0v) is 16.2. The number of hydrogen-bond acceptors (Lipinski definition) is 3. The first kappa shape index (κ1) is 20.2. The number of benzene rings is 1. The summed E-state index contributed by atoms with van der Waals surface area (Å²) in [5, 5.41) is 6.38. The smallest absolute Gasteiger partial charge is 0.250 e. The predicted octanol–water partition coefficient (Wildman–Crippen LogP) is 3.15. The lowest BCUT2D eigenvalue weighted by Gasteiger charge is -2.31. The second kappa shape index (κ2) is 9.02. The minimum atomic E-state index is -0.347. The lowest BCUT2D eigenvalue weighted by Crippen LogP contribution is -2.50. The molecular weight excluding hydrogens is 336 g/mol. The van der Waals surface area contributed by atoms with E-state index in [1.54, 1.807) is 0 Å². The Labute approximate surface area is 157 Å². The molecule has 1 saturated carbocycles. The third kappa shape index (κ3) is 4.75. The average molecular weight is 367 g/mol. The van der Waals surface area contributed by atoms with Gasteiger partial charge in [-0.2, -0.15) is 0 Å². The molecule has 2 fully saturated rings. The van der Waals surface area contributed by atoms with E-state index >= 15 is 0 Å². The van der Waals surface area contributed by atoms with Crippen molar-refractivity contribution in [2.45, 2.75) is 57.0 Å². The average Bonchev–Trinajstić information content (AvgIpc) is 3.11. The molecule has 0 bridgehead atoms. The first-order valence-corrected chi connectivity index (χ1v) is 9.31. The highest BCUT2D eigenvalue weighted by molar-refractivity contribution is 5.85. The van der Waals surface area contributed by atoms with E-state index in [1.807, 2.05) is 0 Å². The Morgan fingerprint density at radius 1 is 1.28 bits per heavy atom. The van der Waals surface area contributed by atoms with E-state index in [1.165, 1.54) is 24.0 Å². The molecule has 1 unspecified atom stereocenters. The van der Waals surface area contributed by atoms with E-state index in [-0.39, 0.29) is 29.8 Å². The van der Waals surface area contributed by atoms with Crippen LogP contribution in [0.2, 0.25) is 0 Å². The predicted molar refractivity (Wildman–Crippen MR) is 104 cm³/mol. The maximum atomic E-state index is 12.4. The molecule has 0 spiro atoms. The zero-order chi connectivity index (χ0) is 17.0. The summed E-state index contributed by atoms with van der Waals surface area (Å²) >= 11 is 0. The van der Waals surface area contributed by atoms with E-state index in [4.69, 9.17) is 4.74 Å². The quantitative estimate of drug-likeness (QED) is 0.841. The molecule has 0 aromatic heterocycles. The molecule has 3 rings (SSSR count). The van der Waals surface area contributed by atoms with Crippen LogP contribution in [0.1, 0.15) is 56.6 Å². The molecule has 0 radical (unpaired) electrons. The minimum absolute atomic E-state index is 0. The Morgan fingerprint density at radius 2 is 1.96 bits per heavy atom. The molecule has 1 aromatic carbocycles. The number of carbonyl (C=O) groups excluding carboxylic acids is 1. The standard InChI is InChI=1S/C20H30N2O2.ClH/c1-15(2)16-5-7-17(8-6-16)20(9-3-4-10-20)14-22-19(23)18-13-21-11-12-24-18;/h5-8,15,18,21H,3-4,9-14H2,1-2H3,(H,22,23);1H. The summed E-state index contributed by atoms with van der Waals surface area (Å²) in [7, 11) is 0. The third-order valence-electron chi connectivity index (χ3n) is 5.57. The fraction of sp³-hybridized carbons (Fsp3) is 0.650. The van der Waals surface area contributed by atoms with Gasteiger partial charge in [0, 0.05) is 25.0 Å². The van der Waals surface area contributed by atoms with Gasteiger partial charge in [0.05, 0.1) is 6.61 Å². The summed E-state index contributed by atoms with van der Waals surface area (Å²) in [5.41, 5.74) is 2.83. The third-order valence-corrected chi connectivity index (χ3v) is 5.57. The Morgan fingerprint density at radius 3 is 2.52 bits per heavy atom. The number of rotatable bonds is 5. The summed E-state index contributed by atoms with van der Waals surface area (Å²) in [4.78, 5) is 12.4. The summed E-state index contributed by atoms with van der Waals surface area (Å²) in [6, 6.07) is 9.03. The fourth-order valence-electron chi connectivity index (χ4n) is 3.94. The number of morpholine rings is 1. The molecule has 25 heavy (non-hydrogen) atoms.